The Morgan fingerprint density at radius 3 is 2.55 bits per heavy atom. The van der Waals surface area contributed by atoms with E-state index in [-0.39, 0.29) is 36.0 Å². The molecule has 0 aliphatic heterocycles. The van der Waals surface area contributed by atoms with Crippen LogP contribution in [0.25, 0.3) is 11.4 Å². The van der Waals surface area contributed by atoms with Crippen molar-refractivity contribution >= 4 is 17.5 Å². The first-order valence-electron chi connectivity index (χ1n) is 11.1. The van der Waals surface area contributed by atoms with Gasteiger partial charge in [-0.15, -0.1) is 10.2 Å². The number of hydrogen-bond donors (Lipinski definition) is 1. The molecule has 1 fully saturated rings. The van der Waals surface area contributed by atoms with E-state index in [1.807, 2.05) is 31.2 Å². The fraction of sp³-hybridized carbons (Fsp3) is 0.375. The first-order chi connectivity index (χ1) is 15.9. The number of aryl methyl sites for hydroxylation is 1. The van der Waals surface area contributed by atoms with Crippen LogP contribution in [-0.4, -0.2) is 44.1 Å². The Hall–Kier alpha value is -3.62. The molecule has 4 rings (SSSR count). The summed E-state index contributed by atoms with van der Waals surface area (Å²) < 4.78 is 13.2. The van der Waals surface area contributed by atoms with Gasteiger partial charge in [-0.25, -0.2) is 4.39 Å². The quantitative estimate of drug-likeness (QED) is 0.596. The third kappa shape index (κ3) is 5.24. The van der Waals surface area contributed by atoms with Gasteiger partial charge in [0.1, 0.15) is 18.4 Å². The molecule has 2 aromatic carbocycles. The lowest BCUT2D eigenvalue weighted by molar-refractivity contribution is -0.127. The van der Waals surface area contributed by atoms with E-state index in [0.29, 0.717) is 11.3 Å². The minimum atomic E-state index is -0.709. The Morgan fingerprint density at radius 1 is 1.15 bits per heavy atom. The van der Waals surface area contributed by atoms with E-state index in [1.165, 1.54) is 21.8 Å². The topological polar surface area (TPSA) is 93.0 Å². The number of carbonyl (C=O) groups is 2. The van der Waals surface area contributed by atoms with Gasteiger partial charge < -0.3 is 5.32 Å². The number of hydrogen-bond acceptors (Lipinski definition) is 5. The summed E-state index contributed by atoms with van der Waals surface area (Å²) in [5.74, 6) is -0.587. The molecular formula is C24H27FN6O2. The number of carbonyl (C=O) groups excluding carboxylic acids is 2. The number of aromatic nitrogens is 4. The van der Waals surface area contributed by atoms with Crippen LogP contribution in [-0.2, 0) is 16.1 Å². The molecule has 8 nitrogen and oxygen atoms in total. The van der Waals surface area contributed by atoms with Crippen molar-refractivity contribution in [1.82, 2.24) is 25.5 Å². The second-order valence-electron chi connectivity index (χ2n) is 8.37. The van der Waals surface area contributed by atoms with E-state index in [9.17, 15) is 14.0 Å². The van der Waals surface area contributed by atoms with Gasteiger partial charge in [0.15, 0.2) is 0 Å². The van der Waals surface area contributed by atoms with Crippen LogP contribution >= 0.6 is 0 Å². The molecule has 2 amide bonds. The van der Waals surface area contributed by atoms with Crippen LogP contribution < -0.4 is 10.2 Å². The van der Waals surface area contributed by atoms with Gasteiger partial charge in [0.25, 0.3) is 5.91 Å². The summed E-state index contributed by atoms with van der Waals surface area (Å²) in [4.78, 5) is 29.1. The zero-order valence-corrected chi connectivity index (χ0v) is 18.7. The summed E-state index contributed by atoms with van der Waals surface area (Å²) >= 11 is 0. The Bertz CT molecular complexity index is 1120. The summed E-state index contributed by atoms with van der Waals surface area (Å²) in [5, 5.41) is 15.3. The van der Waals surface area contributed by atoms with Crippen LogP contribution in [0.4, 0.5) is 10.1 Å². The Balaban J connectivity index is 1.55. The molecular weight excluding hydrogens is 423 g/mol. The molecule has 1 atom stereocenters. The third-order valence-corrected chi connectivity index (χ3v) is 5.94. The van der Waals surface area contributed by atoms with Crippen molar-refractivity contribution in [3.05, 3.63) is 59.9 Å². The molecule has 0 saturated heterocycles. The van der Waals surface area contributed by atoms with E-state index >= 15 is 0 Å². The van der Waals surface area contributed by atoms with Crippen molar-refractivity contribution < 1.29 is 14.0 Å². The maximum atomic E-state index is 13.4. The van der Waals surface area contributed by atoms with Gasteiger partial charge in [-0.2, -0.15) is 4.80 Å². The van der Waals surface area contributed by atoms with Gasteiger partial charge in [0, 0.05) is 17.3 Å². The second kappa shape index (κ2) is 9.89. The first-order valence-corrected chi connectivity index (χ1v) is 11.1. The molecule has 172 valence electrons. The molecule has 1 N–H and O–H groups in total. The Morgan fingerprint density at radius 2 is 1.85 bits per heavy atom. The highest BCUT2D eigenvalue weighted by Gasteiger charge is 2.30. The number of nitrogens with zero attached hydrogens (tertiary/aromatic N) is 5. The molecule has 1 saturated carbocycles. The fourth-order valence-electron chi connectivity index (χ4n) is 4.12. The molecule has 0 bridgehead atoms. The van der Waals surface area contributed by atoms with Gasteiger partial charge in [-0.3, -0.25) is 14.5 Å². The molecule has 33 heavy (non-hydrogen) atoms. The highest BCUT2D eigenvalue weighted by molar-refractivity contribution is 6.01. The second-order valence-corrected chi connectivity index (χ2v) is 8.37. The standard InChI is InChI=1S/C24H27FN6O2/c1-16-7-3-6-10-21(16)31(17(2)24(33)26-20-8-4-5-9-20)22(32)15-30-28-23(27-29-30)18-11-13-19(25)14-12-18/h3,6-7,10-14,17,20H,4-5,8-9,15H2,1-2H3,(H,26,33)/t17-/m0/s1. The van der Waals surface area contributed by atoms with E-state index in [0.717, 1.165) is 31.2 Å². The number of benzene rings is 2. The first kappa shape index (κ1) is 22.6. The lowest BCUT2D eigenvalue weighted by atomic mass is 10.1. The van der Waals surface area contributed by atoms with Gasteiger partial charge in [0.2, 0.25) is 11.7 Å². The number of halogens is 1. The van der Waals surface area contributed by atoms with Crippen LogP contribution in [0.5, 0.6) is 0 Å². The maximum absolute atomic E-state index is 13.4. The summed E-state index contributed by atoms with van der Waals surface area (Å²) in [7, 11) is 0. The van der Waals surface area contributed by atoms with Crippen LogP contribution in [0.2, 0.25) is 0 Å². The number of tetrazole rings is 1. The molecule has 1 aliphatic carbocycles. The number of nitrogens with one attached hydrogen (secondary N) is 1. The van der Waals surface area contributed by atoms with Crippen molar-refractivity contribution in [3.63, 3.8) is 0 Å². The fourth-order valence-corrected chi connectivity index (χ4v) is 4.12. The lowest BCUT2D eigenvalue weighted by Crippen LogP contribution is -2.51. The zero-order valence-electron chi connectivity index (χ0n) is 18.7. The largest absolute Gasteiger partial charge is 0.352 e. The molecule has 9 heteroatoms. The number of amides is 2. The molecule has 0 spiro atoms. The van der Waals surface area contributed by atoms with E-state index < -0.39 is 6.04 Å². The van der Waals surface area contributed by atoms with E-state index in [2.05, 4.69) is 20.7 Å². The molecule has 0 unspecified atom stereocenters. The molecule has 3 aromatic rings. The highest BCUT2D eigenvalue weighted by Crippen LogP contribution is 2.24. The maximum Gasteiger partial charge on any atom is 0.251 e. The van der Waals surface area contributed by atoms with Crippen molar-refractivity contribution in [2.75, 3.05) is 4.90 Å². The summed E-state index contributed by atoms with van der Waals surface area (Å²) in [6.45, 7) is 3.44. The van der Waals surface area contributed by atoms with Gasteiger partial charge >= 0.3 is 0 Å². The van der Waals surface area contributed by atoms with Crippen LogP contribution in [0.15, 0.2) is 48.5 Å². The predicted molar refractivity (Wildman–Crippen MR) is 122 cm³/mol. The van der Waals surface area contributed by atoms with Gasteiger partial charge in [0.05, 0.1) is 0 Å². The zero-order chi connectivity index (χ0) is 23.4. The summed E-state index contributed by atoms with van der Waals surface area (Å²) in [6, 6.07) is 12.6. The van der Waals surface area contributed by atoms with Crippen LogP contribution in [0.3, 0.4) is 0 Å². The highest BCUT2D eigenvalue weighted by atomic mass is 19.1. The minimum absolute atomic E-state index is 0.157. The summed E-state index contributed by atoms with van der Waals surface area (Å²) in [5.41, 5.74) is 2.13. The summed E-state index contributed by atoms with van der Waals surface area (Å²) in [6.07, 6.45) is 4.14. The predicted octanol–water partition coefficient (Wildman–Crippen LogP) is 3.27. The SMILES string of the molecule is Cc1ccccc1N(C(=O)Cn1nnc(-c2ccc(F)cc2)n1)[C@@H](C)C(=O)NC1CCCC1. The van der Waals surface area contributed by atoms with E-state index in [1.54, 1.807) is 19.1 Å². The van der Waals surface area contributed by atoms with Crippen molar-refractivity contribution in [3.8, 4) is 11.4 Å². The Labute approximate surface area is 191 Å². The average molecular weight is 451 g/mol. The van der Waals surface area contributed by atoms with Gasteiger partial charge in [-0.05, 0) is 67.8 Å². The smallest absolute Gasteiger partial charge is 0.251 e. The monoisotopic (exact) mass is 450 g/mol. The third-order valence-electron chi connectivity index (χ3n) is 5.94. The number of rotatable bonds is 7. The minimum Gasteiger partial charge on any atom is -0.352 e. The van der Waals surface area contributed by atoms with Crippen molar-refractivity contribution in [1.29, 1.82) is 0 Å². The number of para-hydroxylation sites is 1. The molecule has 1 aromatic heterocycles. The normalized spacial score (nSPS) is 14.8. The van der Waals surface area contributed by atoms with Crippen LogP contribution in [0.1, 0.15) is 38.2 Å². The molecule has 1 heterocycles. The Kier molecular flexibility index (Phi) is 6.76. The van der Waals surface area contributed by atoms with Crippen molar-refractivity contribution in [2.24, 2.45) is 0 Å². The average Bonchev–Trinajstić information content (AvgIpc) is 3.48. The lowest BCUT2D eigenvalue weighted by Gasteiger charge is -2.30. The van der Waals surface area contributed by atoms with Crippen molar-refractivity contribution in [2.45, 2.75) is 58.2 Å². The van der Waals surface area contributed by atoms with Gasteiger partial charge in [-0.1, -0.05) is 31.0 Å². The number of anilines is 1. The van der Waals surface area contributed by atoms with Crippen LogP contribution in [0, 0.1) is 12.7 Å². The molecule has 1 aliphatic rings. The van der Waals surface area contributed by atoms with E-state index in [4.69, 9.17) is 0 Å². The molecule has 0 radical (unpaired) electrons.